The summed E-state index contributed by atoms with van der Waals surface area (Å²) in [7, 11) is 0. The van der Waals surface area contributed by atoms with Crippen molar-refractivity contribution in [2.45, 2.75) is 77.7 Å². The second kappa shape index (κ2) is 9.30. The molecule has 0 aromatic heterocycles. The number of hydrogen-bond donors (Lipinski definition) is 2. The largest absolute Gasteiger partial charge is 0.466 e. The Bertz CT molecular complexity index is 980. The molecule has 0 saturated carbocycles. The highest BCUT2D eigenvalue weighted by atomic mass is 16.6. The van der Waals surface area contributed by atoms with Gasteiger partial charge in [0.05, 0.1) is 37.2 Å². The van der Waals surface area contributed by atoms with Crippen LogP contribution < -0.4 is 5.32 Å². The third-order valence-corrected chi connectivity index (χ3v) is 8.04. The van der Waals surface area contributed by atoms with Crippen LogP contribution in [0.2, 0.25) is 0 Å². The molecule has 1 aromatic rings. The zero-order chi connectivity index (χ0) is 24.8. The molecule has 8 heteroatoms. The van der Waals surface area contributed by atoms with Crippen molar-refractivity contribution >= 4 is 23.5 Å². The van der Waals surface area contributed by atoms with Crippen LogP contribution in [0.1, 0.15) is 51.2 Å². The number of aliphatic hydroxyl groups excluding tert-OH is 1. The molecule has 0 radical (unpaired) electrons. The third-order valence-electron chi connectivity index (χ3n) is 8.04. The van der Waals surface area contributed by atoms with E-state index in [1.807, 2.05) is 45.9 Å². The summed E-state index contributed by atoms with van der Waals surface area (Å²) in [5, 5.41) is 13.3. The van der Waals surface area contributed by atoms with Gasteiger partial charge in [0.1, 0.15) is 11.6 Å². The number of amides is 2. The summed E-state index contributed by atoms with van der Waals surface area (Å²) in [6.45, 7) is 9.48. The summed E-state index contributed by atoms with van der Waals surface area (Å²) in [5.41, 5.74) is 1.48. The Morgan fingerprint density at radius 2 is 2.06 bits per heavy atom. The summed E-state index contributed by atoms with van der Waals surface area (Å²) >= 11 is 0. The molecule has 3 heterocycles. The number of benzene rings is 1. The zero-order valence-corrected chi connectivity index (χ0v) is 20.7. The van der Waals surface area contributed by atoms with Crippen molar-refractivity contribution < 1.29 is 29.0 Å². The summed E-state index contributed by atoms with van der Waals surface area (Å²) in [4.78, 5) is 42.3. The van der Waals surface area contributed by atoms with Gasteiger partial charge in [-0.25, -0.2) is 0 Å². The fourth-order valence-corrected chi connectivity index (χ4v) is 6.14. The number of hydrogen-bond acceptors (Lipinski definition) is 6. The number of nitrogens with zero attached hydrogens (tertiary/aromatic N) is 1. The van der Waals surface area contributed by atoms with Crippen LogP contribution in [0.5, 0.6) is 0 Å². The number of carbonyl (C=O) groups excluding carboxylic acids is 3. The van der Waals surface area contributed by atoms with Crippen LogP contribution in [0.15, 0.2) is 18.2 Å². The van der Waals surface area contributed by atoms with Crippen LogP contribution >= 0.6 is 0 Å². The van der Waals surface area contributed by atoms with E-state index >= 15 is 0 Å². The average molecular weight is 473 g/mol. The van der Waals surface area contributed by atoms with Gasteiger partial charge >= 0.3 is 5.97 Å². The number of likely N-dealkylation sites (tertiary alicyclic amines) is 1. The Morgan fingerprint density at radius 1 is 1.32 bits per heavy atom. The van der Waals surface area contributed by atoms with Gasteiger partial charge in [0.15, 0.2) is 0 Å². The monoisotopic (exact) mass is 472 g/mol. The molecular weight excluding hydrogens is 436 g/mol. The molecule has 1 aromatic carbocycles. The van der Waals surface area contributed by atoms with Crippen molar-refractivity contribution in [3.8, 4) is 0 Å². The van der Waals surface area contributed by atoms with Gasteiger partial charge < -0.3 is 24.8 Å². The van der Waals surface area contributed by atoms with Gasteiger partial charge in [-0.2, -0.15) is 0 Å². The van der Waals surface area contributed by atoms with Gasteiger partial charge in [0.25, 0.3) is 0 Å². The van der Waals surface area contributed by atoms with Gasteiger partial charge in [0, 0.05) is 5.69 Å². The first-order chi connectivity index (χ1) is 16.2. The molecule has 0 aliphatic carbocycles. The summed E-state index contributed by atoms with van der Waals surface area (Å²) in [6.07, 6.45) is 1.37. The minimum absolute atomic E-state index is 0.0431. The van der Waals surface area contributed by atoms with Crippen LogP contribution in [-0.2, 0) is 23.9 Å². The summed E-state index contributed by atoms with van der Waals surface area (Å²) < 4.78 is 11.7. The van der Waals surface area contributed by atoms with Crippen molar-refractivity contribution in [2.24, 2.45) is 17.8 Å². The lowest BCUT2D eigenvalue weighted by atomic mass is 9.70. The lowest BCUT2D eigenvalue weighted by Crippen LogP contribution is -2.57. The van der Waals surface area contributed by atoms with Crippen LogP contribution in [0.3, 0.4) is 0 Å². The van der Waals surface area contributed by atoms with E-state index in [2.05, 4.69) is 5.32 Å². The minimum Gasteiger partial charge on any atom is -0.466 e. The molecule has 3 fully saturated rings. The normalized spacial score (nSPS) is 31.4. The second-order valence-corrected chi connectivity index (χ2v) is 10.00. The quantitative estimate of drug-likeness (QED) is 0.564. The first-order valence-electron chi connectivity index (χ1n) is 12.4. The van der Waals surface area contributed by atoms with Gasteiger partial charge in [-0.3, -0.25) is 14.4 Å². The van der Waals surface area contributed by atoms with E-state index in [1.165, 1.54) is 4.90 Å². The number of anilines is 1. The molecule has 186 valence electrons. The van der Waals surface area contributed by atoms with E-state index in [-0.39, 0.29) is 30.9 Å². The SMILES string of the molecule is CCOC(=O)[C@@H]1[C@H]2C(=O)N([C@@H](CO)[C@@H](C)CC)[C@H](C(=O)Nc3cc(C)ccc3C)[C@]23CC[C@H]1O3. The van der Waals surface area contributed by atoms with Crippen LogP contribution in [0.25, 0.3) is 0 Å². The molecule has 2 bridgehead atoms. The molecule has 2 N–H and O–H groups in total. The number of ether oxygens (including phenoxy) is 2. The summed E-state index contributed by atoms with van der Waals surface area (Å²) in [5.74, 6) is -2.68. The van der Waals surface area contributed by atoms with Gasteiger partial charge in [0.2, 0.25) is 11.8 Å². The third kappa shape index (κ3) is 3.71. The number of rotatable bonds is 8. The van der Waals surface area contributed by atoms with E-state index < -0.39 is 41.6 Å². The molecule has 3 aliphatic heterocycles. The maximum absolute atomic E-state index is 13.9. The fourth-order valence-electron chi connectivity index (χ4n) is 6.14. The van der Waals surface area contributed by atoms with Crippen molar-refractivity contribution in [1.29, 1.82) is 0 Å². The highest BCUT2D eigenvalue weighted by molar-refractivity contribution is 6.03. The van der Waals surface area contributed by atoms with E-state index in [1.54, 1.807) is 6.92 Å². The summed E-state index contributed by atoms with van der Waals surface area (Å²) in [6, 6.07) is 4.31. The molecule has 34 heavy (non-hydrogen) atoms. The molecular formula is C26H36N2O6. The lowest BCUT2D eigenvalue weighted by molar-refractivity contribution is -0.155. The van der Waals surface area contributed by atoms with E-state index in [0.717, 1.165) is 17.5 Å². The van der Waals surface area contributed by atoms with Crippen molar-refractivity contribution in [3.05, 3.63) is 29.3 Å². The number of fused-ring (bicyclic) bond motifs is 1. The van der Waals surface area contributed by atoms with E-state index in [0.29, 0.717) is 18.5 Å². The lowest BCUT2D eigenvalue weighted by Gasteiger charge is -2.38. The minimum atomic E-state index is -1.11. The van der Waals surface area contributed by atoms with Crippen molar-refractivity contribution in [2.75, 3.05) is 18.5 Å². The Morgan fingerprint density at radius 3 is 2.71 bits per heavy atom. The Hall–Kier alpha value is -2.45. The number of aliphatic hydroxyl groups is 1. The van der Waals surface area contributed by atoms with Gasteiger partial charge in [-0.1, -0.05) is 32.4 Å². The standard InChI is InChI=1S/C26H36N2O6/c1-6-15(4)18(13-29)28-22(23(30)27-17-12-14(3)8-9-16(17)5)26-11-10-19(34-26)20(21(26)24(28)31)25(32)33-7-2/h8-9,12,15,18-22,29H,6-7,10-11,13H2,1-5H3,(H,27,30)/t15-,18-,19+,20-,21-,22+,26-/m0/s1. The molecule has 7 atom stereocenters. The molecule has 1 spiro atoms. The number of carbonyl (C=O) groups is 3. The predicted molar refractivity (Wildman–Crippen MR) is 126 cm³/mol. The first kappa shape index (κ1) is 24.7. The zero-order valence-electron chi connectivity index (χ0n) is 20.7. The molecule has 0 unspecified atom stereocenters. The molecule has 2 amide bonds. The van der Waals surface area contributed by atoms with Gasteiger partial charge in [-0.05, 0) is 56.7 Å². The molecule has 3 aliphatic rings. The van der Waals surface area contributed by atoms with Crippen LogP contribution in [0, 0.1) is 31.6 Å². The van der Waals surface area contributed by atoms with Crippen molar-refractivity contribution in [1.82, 2.24) is 4.90 Å². The second-order valence-electron chi connectivity index (χ2n) is 10.00. The first-order valence-corrected chi connectivity index (χ1v) is 12.4. The topological polar surface area (TPSA) is 105 Å². The highest BCUT2D eigenvalue weighted by Crippen LogP contribution is 2.59. The molecule has 3 saturated heterocycles. The van der Waals surface area contributed by atoms with Gasteiger partial charge in [-0.15, -0.1) is 0 Å². The number of esters is 1. The Labute approximate surface area is 201 Å². The van der Waals surface area contributed by atoms with Crippen LogP contribution in [-0.4, -0.2) is 64.8 Å². The number of aryl methyl sites for hydroxylation is 2. The maximum Gasteiger partial charge on any atom is 0.312 e. The van der Waals surface area contributed by atoms with Crippen LogP contribution in [0.4, 0.5) is 5.69 Å². The fraction of sp³-hybridized carbons (Fsp3) is 0.654. The Balaban J connectivity index is 1.77. The molecule has 8 nitrogen and oxygen atoms in total. The molecule has 4 rings (SSSR count). The number of nitrogens with one attached hydrogen (secondary N) is 1. The Kier molecular flexibility index (Phi) is 6.75. The van der Waals surface area contributed by atoms with Crippen molar-refractivity contribution in [3.63, 3.8) is 0 Å². The maximum atomic E-state index is 13.9. The highest BCUT2D eigenvalue weighted by Gasteiger charge is 2.75. The average Bonchev–Trinajstić information content (AvgIpc) is 3.44. The smallest absolute Gasteiger partial charge is 0.312 e. The predicted octanol–water partition coefficient (Wildman–Crippen LogP) is 2.59. The van der Waals surface area contributed by atoms with E-state index in [9.17, 15) is 19.5 Å². The van der Waals surface area contributed by atoms with E-state index in [4.69, 9.17) is 9.47 Å².